The molecular formula is C14H27NO2. The van der Waals surface area contributed by atoms with Crippen molar-refractivity contribution in [1.82, 2.24) is 4.90 Å². The Morgan fingerprint density at radius 2 is 1.94 bits per heavy atom. The first-order valence-electron chi connectivity index (χ1n) is 7.16. The van der Waals surface area contributed by atoms with Crippen molar-refractivity contribution < 1.29 is 9.53 Å². The number of hydrogen-bond acceptors (Lipinski definition) is 2. The molecule has 0 N–H and O–H groups in total. The SMILES string of the molecule is CCOCCCC(=O)N(CC)C1CCCCC1. The van der Waals surface area contributed by atoms with Gasteiger partial charge >= 0.3 is 0 Å². The van der Waals surface area contributed by atoms with E-state index in [-0.39, 0.29) is 0 Å². The predicted molar refractivity (Wildman–Crippen MR) is 70.0 cm³/mol. The molecule has 0 radical (unpaired) electrons. The Hall–Kier alpha value is -0.570. The van der Waals surface area contributed by atoms with Crippen molar-refractivity contribution in [3.05, 3.63) is 0 Å². The fourth-order valence-corrected chi connectivity index (χ4v) is 2.64. The molecule has 1 fully saturated rings. The van der Waals surface area contributed by atoms with E-state index in [1.54, 1.807) is 0 Å². The van der Waals surface area contributed by atoms with E-state index in [1.165, 1.54) is 32.1 Å². The number of carbonyl (C=O) groups excluding carboxylic acids is 1. The Morgan fingerprint density at radius 1 is 1.24 bits per heavy atom. The molecule has 1 aliphatic rings. The molecular weight excluding hydrogens is 214 g/mol. The first-order chi connectivity index (χ1) is 8.29. The lowest BCUT2D eigenvalue weighted by atomic mass is 9.94. The van der Waals surface area contributed by atoms with E-state index in [1.807, 2.05) is 6.92 Å². The van der Waals surface area contributed by atoms with Crippen molar-refractivity contribution in [2.45, 2.75) is 64.8 Å². The Labute approximate surface area is 106 Å². The molecule has 17 heavy (non-hydrogen) atoms. The van der Waals surface area contributed by atoms with Crippen molar-refractivity contribution in [1.29, 1.82) is 0 Å². The van der Waals surface area contributed by atoms with Crippen LogP contribution in [-0.4, -0.2) is 36.6 Å². The van der Waals surface area contributed by atoms with Crippen LogP contribution in [0.5, 0.6) is 0 Å². The highest BCUT2D eigenvalue weighted by Gasteiger charge is 2.23. The third-order valence-electron chi connectivity index (χ3n) is 3.56. The van der Waals surface area contributed by atoms with E-state index in [0.29, 0.717) is 25.0 Å². The minimum absolute atomic E-state index is 0.319. The molecule has 100 valence electrons. The van der Waals surface area contributed by atoms with E-state index >= 15 is 0 Å². The van der Waals surface area contributed by atoms with Crippen molar-refractivity contribution in [2.24, 2.45) is 0 Å². The minimum Gasteiger partial charge on any atom is -0.382 e. The third kappa shape index (κ3) is 5.07. The average molecular weight is 241 g/mol. The first-order valence-corrected chi connectivity index (χ1v) is 7.16. The van der Waals surface area contributed by atoms with Crippen LogP contribution in [0.1, 0.15) is 58.8 Å². The van der Waals surface area contributed by atoms with Gasteiger partial charge in [0, 0.05) is 32.2 Å². The average Bonchev–Trinajstić information content (AvgIpc) is 2.37. The van der Waals surface area contributed by atoms with Crippen LogP contribution >= 0.6 is 0 Å². The highest BCUT2D eigenvalue weighted by molar-refractivity contribution is 5.76. The topological polar surface area (TPSA) is 29.5 Å². The maximum atomic E-state index is 12.1. The summed E-state index contributed by atoms with van der Waals surface area (Å²) >= 11 is 0. The lowest BCUT2D eigenvalue weighted by Crippen LogP contribution is -2.41. The van der Waals surface area contributed by atoms with E-state index in [9.17, 15) is 4.79 Å². The van der Waals surface area contributed by atoms with Gasteiger partial charge in [0.1, 0.15) is 0 Å². The second-order valence-corrected chi connectivity index (χ2v) is 4.77. The number of nitrogens with zero attached hydrogens (tertiary/aromatic N) is 1. The molecule has 0 aromatic rings. The maximum Gasteiger partial charge on any atom is 0.222 e. The largest absolute Gasteiger partial charge is 0.382 e. The zero-order chi connectivity index (χ0) is 12.5. The van der Waals surface area contributed by atoms with E-state index in [4.69, 9.17) is 4.74 Å². The summed E-state index contributed by atoms with van der Waals surface area (Å²) in [4.78, 5) is 14.2. The summed E-state index contributed by atoms with van der Waals surface area (Å²) in [5.74, 6) is 0.319. The van der Waals surface area contributed by atoms with Crippen molar-refractivity contribution >= 4 is 5.91 Å². The summed E-state index contributed by atoms with van der Waals surface area (Å²) in [5.41, 5.74) is 0. The molecule has 0 atom stereocenters. The number of hydrogen-bond donors (Lipinski definition) is 0. The van der Waals surface area contributed by atoms with Gasteiger partial charge in [0.05, 0.1) is 0 Å². The highest BCUT2D eigenvalue weighted by atomic mass is 16.5. The second-order valence-electron chi connectivity index (χ2n) is 4.77. The van der Waals surface area contributed by atoms with Crippen LogP contribution in [0.4, 0.5) is 0 Å². The molecule has 0 aromatic carbocycles. The third-order valence-corrected chi connectivity index (χ3v) is 3.56. The number of carbonyl (C=O) groups is 1. The van der Waals surface area contributed by atoms with Gasteiger partial charge in [-0.25, -0.2) is 0 Å². The Morgan fingerprint density at radius 3 is 2.53 bits per heavy atom. The molecule has 1 saturated carbocycles. The quantitative estimate of drug-likeness (QED) is 0.641. The molecule has 0 bridgehead atoms. The molecule has 0 heterocycles. The zero-order valence-corrected chi connectivity index (χ0v) is 11.4. The van der Waals surface area contributed by atoms with Crippen LogP contribution in [0.15, 0.2) is 0 Å². The van der Waals surface area contributed by atoms with Crippen LogP contribution in [0.25, 0.3) is 0 Å². The summed E-state index contributed by atoms with van der Waals surface area (Å²) in [6.45, 7) is 6.40. The standard InChI is InChI=1S/C14H27NO2/c1-3-15(13-9-6-5-7-10-13)14(16)11-8-12-17-4-2/h13H,3-12H2,1-2H3. The molecule has 0 aliphatic heterocycles. The minimum atomic E-state index is 0.319. The van der Waals surface area contributed by atoms with Gasteiger partial charge in [-0.2, -0.15) is 0 Å². The van der Waals surface area contributed by atoms with Gasteiger partial charge in [-0.3, -0.25) is 4.79 Å². The van der Waals surface area contributed by atoms with Crippen LogP contribution in [0, 0.1) is 0 Å². The van der Waals surface area contributed by atoms with Crippen LogP contribution < -0.4 is 0 Å². The maximum absolute atomic E-state index is 12.1. The normalized spacial score (nSPS) is 17.1. The van der Waals surface area contributed by atoms with Gasteiger partial charge in [-0.1, -0.05) is 19.3 Å². The summed E-state index contributed by atoms with van der Waals surface area (Å²) in [5, 5.41) is 0. The van der Waals surface area contributed by atoms with Crippen molar-refractivity contribution in [3.8, 4) is 0 Å². The molecule has 1 aliphatic carbocycles. The molecule has 3 nitrogen and oxygen atoms in total. The summed E-state index contributed by atoms with van der Waals surface area (Å²) in [6.07, 6.45) is 7.81. The Balaban J connectivity index is 2.29. The van der Waals surface area contributed by atoms with Gasteiger partial charge in [-0.15, -0.1) is 0 Å². The Bertz CT molecular complexity index is 212. The smallest absolute Gasteiger partial charge is 0.222 e. The van der Waals surface area contributed by atoms with Gasteiger partial charge in [0.25, 0.3) is 0 Å². The molecule has 0 saturated heterocycles. The van der Waals surface area contributed by atoms with Crippen molar-refractivity contribution in [2.75, 3.05) is 19.8 Å². The summed E-state index contributed by atoms with van der Waals surface area (Å²) in [7, 11) is 0. The predicted octanol–water partition coefficient (Wildman–Crippen LogP) is 2.98. The second kappa shape index (κ2) is 8.51. The summed E-state index contributed by atoms with van der Waals surface area (Å²) in [6, 6.07) is 0.508. The Kier molecular flexibility index (Phi) is 7.25. The fourth-order valence-electron chi connectivity index (χ4n) is 2.64. The van der Waals surface area contributed by atoms with Crippen LogP contribution in [0.3, 0.4) is 0 Å². The van der Waals surface area contributed by atoms with Gasteiger partial charge < -0.3 is 9.64 Å². The van der Waals surface area contributed by atoms with Crippen LogP contribution in [-0.2, 0) is 9.53 Å². The van der Waals surface area contributed by atoms with E-state index in [2.05, 4.69) is 11.8 Å². The number of amides is 1. The lowest BCUT2D eigenvalue weighted by molar-refractivity contribution is -0.134. The number of rotatable bonds is 7. The van der Waals surface area contributed by atoms with Crippen molar-refractivity contribution in [3.63, 3.8) is 0 Å². The molecule has 0 unspecified atom stereocenters. The zero-order valence-electron chi connectivity index (χ0n) is 11.4. The molecule has 0 spiro atoms. The summed E-state index contributed by atoms with van der Waals surface area (Å²) < 4.78 is 5.27. The van der Waals surface area contributed by atoms with E-state index in [0.717, 1.165) is 19.6 Å². The van der Waals surface area contributed by atoms with Gasteiger partial charge in [0.15, 0.2) is 0 Å². The van der Waals surface area contributed by atoms with Gasteiger partial charge in [0.2, 0.25) is 5.91 Å². The van der Waals surface area contributed by atoms with E-state index < -0.39 is 0 Å². The highest BCUT2D eigenvalue weighted by Crippen LogP contribution is 2.23. The molecule has 0 aromatic heterocycles. The van der Waals surface area contributed by atoms with Gasteiger partial charge in [-0.05, 0) is 33.1 Å². The molecule has 1 rings (SSSR count). The molecule has 3 heteroatoms. The number of ether oxygens (including phenoxy) is 1. The monoisotopic (exact) mass is 241 g/mol. The lowest BCUT2D eigenvalue weighted by Gasteiger charge is -2.33. The fraction of sp³-hybridized carbons (Fsp3) is 0.929. The first kappa shape index (κ1) is 14.5. The van der Waals surface area contributed by atoms with Crippen LogP contribution in [0.2, 0.25) is 0 Å². The molecule has 1 amide bonds.